The van der Waals surface area contributed by atoms with E-state index in [9.17, 15) is 18.0 Å². The van der Waals surface area contributed by atoms with Gasteiger partial charge in [-0.2, -0.15) is 13.2 Å². The molecule has 7 heteroatoms. The molecular formula is C13H16F3N3O. The Labute approximate surface area is 115 Å². The smallest absolute Gasteiger partial charge is 0.336 e. The van der Waals surface area contributed by atoms with Crippen molar-refractivity contribution in [3.63, 3.8) is 0 Å². The van der Waals surface area contributed by atoms with Gasteiger partial charge in [-0.05, 0) is 18.7 Å². The number of piperazine rings is 1. The zero-order valence-corrected chi connectivity index (χ0v) is 11.2. The van der Waals surface area contributed by atoms with Crippen molar-refractivity contribution < 1.29 is 18.0 Å². The van der Waals surface area contributed by atoms with Gasteiger partial charge in [0.05, 0.1) is 5.56 Å². The minimum Gasteiger partial charge on any atom is -0.336 e. The summed E-state index contributed by atoms with van der Waals surface area (Å²) in [6.45, 7) is 5.75. The number of likely N-dealkylation sites (N-methyl/N-ethyl adjacent to an activating group) is 1. The van der Waals surface area contributed by atoms with Gasteiger partial charge in [-0.1, -0.05) is 6.92 Å². The molecule has 0 atom stereocenters. The number of carbonyl (C=O) groups is 1. The maximum Gasteiger partial charge on any atom is 0.433 e. The van der Waals surface area contributed by atoms with Gasteiger partial charge in [-0.15, -0.1) is 0 Å². The highest BCUT2D eigenvalue weighted by Crippen LogP contribution is 2.27. The fraction of sp³-hybridized carbons (Fsp3) is 0.538. The predicted octanol–water partition coefficient (Wildman–Crippen LogP) is 1.88. The monoisotopic (exact) mass is 287 g/mol. The standard InChI is InChI=1S/C13H16F3N3O/c1-2-18-5-7-19(8-6-18)12(20)10-3-4-11(17-9-10)13(14,15)16/h3-4,9H,2,5-8H2,1H3. The highest BCUT2D eigenvalue weighted by Gasteiger charge is 2.32. The van der Waals surface area contributed by atoms with Crippen LogP contribution in [0.1, 0.15) is 23.0 Å². The summed E-state index contributed by atoms with van der Waals surface area (Å²) < 4.78 is 37.2. The average molecular weight is 287 g/mol. The summed E-state index contributed by atoms with van der Waals surface area (Å²) >= 11 is 0. The van der Waals surface area contributed by atoms with Crippen LogP contribution >= 0.6 is 0 Å². The van der Waals surface area contributed by atoms with Gasteiger partial charge < -0.3 is 9.80 Å². The Morgan fingerprint density at radius 3 is 2.35 bits per heavy atom. The summed E-state index contributed by atoms with van der Waals surface area (Å²) in [7, 11) is 0. The number of rotatable bonds is 2. The number of alkyl halides is 3. The second kappa shape index (κ2) is 5.78. The van der Waals surface area contributed by atoms with E-state index in [1.54, 1.807) is 4.90 Å². The van der Waals surface area contributed by atoms with Crippen molar-refractivity contribution in [2.75, 3.05) is 32.7 Å². The highest BCUT2D eigenvalue weighted by molar-refractivity contribution is 5.94. The van der Waals surface area contributed by atoms with E-state index in [4.69, 9.17) is 0 Å². The van der Waals surface area contributed by atoms with E-state index in [0.29, 0.717) is 13.1 Å². The first-order valence-corrected chi connectivity index (χ1v) is 6.46. The number of aromatic nitrogens is 1. The molecule has 0 unspecified atom stereocenters. The van der Waals surface area contributed by atoms with E-state index >= 15 is 0 Å². The third-order valence-corrected chi connectivity index (χ3v) is 3.41. The third kappa shape index (κ3) is 3.27. The fourth-order valence-corrected chi connectivity index (χ4v) is 2.14. The first-order chi connectivity index (χ1) is 9.41. The van der Waals surface area contributed by atoms with Crippen LogP contribution in [0.25, 0.3) is 0 Å². The maximum atomic E-state index is 12.4. The lowest BCUT2D eigenvalue weighted by Gasteiger charge is -2.34. The third-order valence-electron chi connectivity index (χ3n) is 3.41. The van der Waals surface area contributed by atoms with Crippen molar-refractivity contribution in [3.05, 3.63) is 29.6 Å². The Balaban J connectivity index is 2.03. The Morgan fingerprint density at radius 1 is 1.25 bits per heavy atom. The molecule has 1 aliphatic heterocycles. The van der Waals surface area contributed by atoms with E-state index in [1.165, 1.54) is 6.07 Å². The van der Waals surface area contributed by atoms with Crippen LogP contribution in [0.15, 0.2) is 18.3 Å². The van der Waals surface area contributed by atoms with Crippen molar-refractivity contribution in [2.45, 2.75) is 13.1 Å². The summed E-state index contributed by atoms with van der Waals surface area (Å²) in [5, 5.41) is 0. The van der Waals surface area contributed by atoms with Gasteiger partial charge in [0.25, 0.3) is 5.91 Å². The molecule has 20 heavy (non-hydrogen) atoms. The minimum atomic E-state index is -4.48. The summed E-state index contributed by atoms with van der Waals surface area (Å²) in [5.74, 6) is -0.262. The number of pyridine rings is 1. The Hall–Kier alpha value is -1.63. The molecule has 2 rings (SSSR count). The summed E-state index contributed by atoms with van der Waals surface area (Å²) in [6, 6.07) is 2.03. The van der Waals surface area contributed by atoms with Crippen molar-refractivity contribution in [1.82, 2.24) is 14.8 Å². The molecule has 0 saturated carbocycles. The van der Waals surface area contributed by atoms with Crippen LogP contribution < -0.4 is 0 Å². The second-order valence-corrected chi connectivity index (χ2v) is 4.66. The number of halogens is 3. The number of hydrogen-bond acceptors (Lipinski definition) is 3. The zero-order chi connectivity index (χ0) is 14.8. The van der Waals surface area contributed by atoms with Crippen LogP contribution in [-0.4, -0.2) is 53.4 Å². The molecule has 110 valence electrons. The Kier molecular flexibility index (Phi) is 4.27. The molecule has 1 amide bonds. The van der Waals surface area contributed by atoms with Crippen molar-refractivity contribution in [1.29, 1.82) is 0 Å². The van der Waals surface area contributed by atoms with Crippen molar-refractivity contribution in [2.24, 2.45) is 0 Å². The normalized spacial score (nSPS) is 17.3. The van der Waals surface area contributed by atoms with Gasteiger partial charge in [-0.25, -0.2) is 0 Å². The molecule has 1 aromatic heterocycles. The summed E-state index contributed by atoms with van der Waals surface area (Å²) in [4.78, 5) is 19.3. The van der Waals surface area contributed by atoms with Gasteiger partial charge in [-0.3, -0.25) is 9.78 Å². The van der Waals surface area contributed by atoms with Crippen molar-refractivity contribution >= 4 is 5.91 Å². The molecule has 2 heterocycles. The lowest BCUT2D eigenvalue weighted by molar-refractivity contribution is -0.141. The molecule has 0 aliphatic carbocycles. The van der Waals surface area contributed by atoms with Crippen LogP contribution in [0.5, 0.6) is 0 Å². The Bertz CT molecular complexity index is 465. The largest absolute Gasteiger partial charge is 0.433 e. The topological polar surface area (TPSA) is 36.4 Å². The summed E-state index contributed by atoms with van der Waals surface area (Å²) in [6.07, 6.45) is -3.48. The SMILES string of the molecule is CCN1CCN(C(=O)c2ccc(C(F)(F)F)nc2)CC1. The first kappa shape index (κ1) is 14.8. The van der Waals surface area contributed by atoms with Crippen LogP contribution in [0.3, 0.4) is 0 Å². The van der Waals surface area contributed by atoms with Gasteiger partial charge in [0.1, 0.15) is 5.69 Å². The number of nitrogens with zero attached hydrogens (tertiary/aromatic N) is 3. The van der Waals surface area contributed by atoms with Crippen LogP contribution in [0, 0.1) is 0 Å². The predicted molar refractivity (Wildman–Crippen MR) is 67.3 cm³/mol. The number of carbonyl (C=O) groups excluding carboxylic acids is 1. The minimum absolute atomic E-state index is 0.197. The van der Waals surface area contributed by atoms with Crippen LogP contribution in [0.2, 0.25) is 0 Å². The molecule has 0 N–H and O–H groups in total. The number of amides is 1. The lowest BCUT2D eigenvalue weighted by atomic mass is 10.2. The van der Waals surface area contributed by atoms with Gasteiger partial charge >= 0.3 is 6.18 Å². The van der Waals surface area contributed by atoms with Gasteiger partial charge in [0, 0.05) is 32.4 Å². The van der Waals surface area contributed by atoms with Gasteiger partial charge in [0.2, 0.25) is 0 Å². The highest BCUT2D eigenvalue weighted by atomic mass is 19.4. The van der Waals surface area contributed by atoms with E-state index < -0.39 is 11.9 Å². The average Bonchev–Trinajstić information content (AvgIpc) is 2.46. The van der Waals surface area contributed by atoms with Crippen molar-refractivity contribution in [3.8, 4) is 0 Å². The van der Waals surface area contributed by atoms with E-state index in [2.05, 4.69) is 16.8 Å². The second-order valence-electron chi connectivity index (χ2n) is 4.66. The molecule has 0 spiro atoms. The number of hydrogen-bond donors (Lipinski definition) is 0. The van der Waals surface area contributed by atoms with E-state index in [1.807, 2.05) is 0 Å². The molecular weight excluding hydrogens is 271 g/mol. The fourth-order valence-electron chi connectivity index (χ4n) is 2.14. The molecule has 0 bridgehead atoms. The zero-order valence-electron chi connectivity index (χ0n) is 11.2. The quantitative estimate of drug-likeness (QED) is 0.833. The van der Waals surface area contributed by atoms with Crippen LogP contribution in [0.4, 0.5) is 13.2 Å². The molecule has 1 aromatic rings. The molecule has 1 fully saturated rings. The van der Waals surface area contributed by atoms with Crippen LogP contribution in [-0.2, 0) is 6.18 Å². The lowest BCUT2D eigenvalue weighted by Crippen LogP contribution is -2.48. The first-order valence-electron chi connectivity index (χ1n) is 6.46. The maximum absolute atomic E-state index is 12.4. The Morgan fingerprint density at radius 2 is 1.90 bits per heavy atom. The van der Waals surface area contributed by atoms with Gasteiger partial charge in [0.15, 0.2) is 0 Å². The van der Waals surface area contributed by atoms with E-state index in [0.717, 1.165) is 31.9 Å². The molecule has 0 radical (unpaired) electrons. The molecule has 0 aromatic carbocycles. The molecule has 1 aliphatic rings. The van der Waals surface area contributed by atoms with E-state index in [-0.39, 0.29) is 11.5 Å². The molecule has 4 nitrogen and oxygen atoms in total. The summed E-state index contributed by atoms with van der Waals surface area (Å²) in [5.41, 5.74) is -0.784. The molecule has 1 saturated heterocycles.